The highest BCUT2D eigenvalue weighted by Crippen LogP contribution is 2.21. The summed E-state index contributed by atoms with van der Waals surface area (Å²) in [5, 5.41) is 14.1. The fraction of sp³-hybridized carbons (Fsp3) is 0.538. The molecule has 1 N–H and O–H groups in total. The van der Waals surface area contributed by atoms with E-state index in [0.29, 0.717) is 12.6 Å². The minimum absolute atomic E-state index is 0.127. The van der Waals surface area contributed by atoms with E-state index >= 15 is 0 Å². The van der Waals surface area contributed by atoms with Gasteiger partial charge in [-0.15, -0.1) is 0 Å². The monoisotopic (exact) mass is 314 g/mol. The van der Waals surface area contributed by atoms with Gasteiger partial charge in [-0.05, 0) is 25.0 Å². The summed E-state index contributed by atoms with van der Waals surface area (Å²) in [6.45, 7) is 4.97. The third-order valence-electron chi connectivity index (χ3n) is 2.80. The van der Waals surface area contributed by atoms with Gasteiger partial charge in [0.25, 0.3) is 5.69 Å². The van der Waals surface area contributed by atoms with Crippen LogP contribution in [0.3, 0.4) is 0 Å². The first-order valence-corrected chi connectivity index (χ1v) is 6.99. The SMILES string of the molecule is CCCCC(C)NCc1cc(Br)cc([N+](=O)[O-])c1. The molecule has 0 heterocycles. The number of unbranched alkanes of at least 4 members (excludes halogenated alkanes) is 1. The number of rotatable bonds is 7. The van der Waals surface area contributed by atoms with Crippen LogP contribution in [0, 0.1) is 10.1 Å². The highest BCUT2D eigenvalue weighted by Gasteiger charge is 2.09. The van der Waals surface area contributed by atoms with Crippen molar-refractivity contribution in [2.24, 2.45) is 0 Å². The van der Waals surface area contributed by atoms with Gasteiger partial charge in [0.2, 0.25) is 0 Å². The van der Waals surface area contributed by atoms with E-state index in [9.17, 15) is 10.1 Å². The van der Waals surface area contributed by atoms with Crippen molar-refractivity contribution in [3.63, 3.8) is 0 Å². The van der Waals surface area contributed by atoms with Crippen molar-refractivity contribution in [3.8, 4) is 0 Å². The number of halogens is 1. The van der Waals surface area contributed by atoms with E-state index in [1.165, 1.54) is 18.9 Å². The van der Waals surface area contributed by atoms with Crippen molar-refractivity contribution in [3.05, 3.63) is 38.3 Å². The molecule has 0 saturated heterocycles. The lowest BCUT2D eigenvalue weighted by atomic mass is 10.1. The second-order valence-electron chi connectivity index (χ2n) is 4.50. The number of nitrogens with zero attached hydrogens (tertiary/aromatic N) is 1. The molecule has 0 aromatic heterocycles. The van der Waals surface area contributed by atoms with Crippen LogP contribution in [0.25, 0.3) is 0 Å². The summed E-state index contributed by atoms with van der Waals surface area (Å²) in [5.74, 6) is 0. The number of hydrogen-bond acceptors (Lipinski definition) is 3. The van der Waals surface area contributed by atoms with E-state index in [4.69, 9.17) is 0 Å². The van der Waals surface area contributed by atoms with Gasteiger partial charge < -0.3 is 5.32 Å². The second-order valence-corrected chi connectivity index (χ2v) is 5.41. The summed E-state index contributed by atoms with van der Waals surface area (Å²) in [5.41, 5.74) is 1.06. The topological polar surface area (TPSA) is 55.2 Å². The molecule has 0 saturated carbocycles. The fourth-order valence-electron chi connectivity index (χ4n) is 1.75. The van der Waals surface area contributed by atoms with E-state index in [1.54, 1.807) is 6.07 Å². The Labute approximate surface area is 116 Å². The Balaban J connectivity index is 2.59. The zero-order valence-corrected chi connectivity index (χ0v) is 12.4. The summed E-state index contributed by atoms with van der Waals surface area (Å²) < 4.78 is 0.745. The molecule has 18 heavy (non-hydrogen) atoms. The summed E-state index contributed by atoms with van der Waals surface area (Å²) in [6, 6.07) is 5.48. The average Bonchev–Trinajstić information content (AvgIpc) is 2.33. The molecular formula is C13H19BrN2O2. The lowest BCUT2D eigenvalue weighted by Crippen LogP contribution is -2.25. The lowest BCUT2D eigenvalue weighted by molar-refractivity contribution is -0.385. The number of nitro groups is 1. The van der Waals surface area contributed by atoms with Crippen LogP contribution in [0.15, 0.2) is 22.7 Å². The highest BCUT2D eigenvalue weighted by molar-refractivity contribution is 9.10. The first-order valence-electron chi connectivity index (χ1n) is 6.20. The van der Waals surface area contributed by atoms with Gasteiger partial charge >= 0.3 is 0 Å². The molecule has 1 unspecified atom stereocenters. The van der Waals surface area contributed by atoms with Crippen molar-refractivity contribution < 1.29 is 4.92 Å². The van der Waals surface area contributed by atoms with Gasteiger partial charge in [0.1, 0.15) is 0 Å². The molecule has 5 heteroatoms. The number of nitrogens with one attached hydrogen (secondary N) is 1. The molecule has 1 rings (SSSR count). The molecule has 0 aliphatic rings. The van der Waals surface area contributed by atoms with Crippen LogP contribution in [0.4, 0.5) is 5.69 Å². The number of hydrogen-bond donors (Lipinski definition) is 1. The van der Waals surface area contributed by atoms with Crippen molar-refractivity contribution in [2.45, 2.75) is 45.7 Å². The first-order chi connectivity index (χ1) is 8.52. The Morgan fingerprint density at radius 2 is 2.17 bits per heavy atom. The Morgan fingerprint density at radius 1 is 1.44 bits per heavy atom. The second kappa shape index (κ2) is 7.48. The number of nitro benzene ring substituents is 1. The van der Waals surface area contributed by atoms with Gasteiger partial charge in [-0.25, -0.2) is 0 Å². The molecule has 1 aromatic rings. The summed E-state index contributed by atoms with van der Waals surface area (Å²) in [4.78, 5) is 10.4. The summed E-state index contributed by atoms with van der Waals surface area (Å²) >= 11 is 3.30. The van der Waals surface area contributed by atoms with E-state index < -0.39 is 0 Å². The van der Waals surface area contributed by atoms with Crippen LogP contribution in [0.5, 0.6) is 0 Å². The van der Waals surface area contributed by atoms with E-state index in [0.717, 1.165) is 16.5 Å². The van der Waals surface area contributed by atoms with Crippen LogP contribution in [0.2, 0.25) is 0 Å². The third-order valence-corrected chi connectivity index (χ3v) is 3.26. The average molecular weight is 315 g/mol. The Morgan fingerprint density at radius 3 is 2.78 bits per heavy atom. The first kappa shape index (κ1) is 15.1. The molecule has 1 atom stereocenters. The Bertz CT molecular complexity index is 410. The summed E-state index contributed by atoms with van der Waals surface area (Å²) in [7, 11) is 0. The minimum atomic E-state index is -0.366. The molecule has 0 fully saturated rings. The molecule has 0 radical (unpaired) electrons. The van der Waals surface area contributed by atoms with Crippen LogP contribution >= 0.6 is 15.9 Å². The van der Waals surface area contributed by atoms with Gasteiger partial charge in [0.15, 0.2) is 0 Å². The van der Waals surface area contributed by atoms with Crippen LogP contribution in [-0.4, -0.2) is 11.0 Å². The molecule has 0 bridgehead atoms. The van der Waals surface area contributed by atoms with Gasteiger partial charge in [0.05, 0.1) is 4.92 Å². The zero-order chi connectivity index (χ0) is 13.5. The van der Waals surface area contributed by atoms with Gasteiger partial charge in [-0.2, -0.15) is 0 Å². The predicted molar refractivity (Wildman–Crippen MR) is 76.6 cm³/mol. The molecule has 0 aliphatic heterocycles. The predicted octanol–water partition coefficient (Wildman–Crippen LogP) is 4.03. The normalized spacial score (nSPS) is 12.4. The molecule has 0 amide bonds. The number of non-ortho nitro benzene ring substituents is 1. The maximum atomic E-state index is 10.7. The molecule has 0 spiro atoms. The molecular weight excluding hydrogens is 296 g/mol. The maximum Gasteiger partial charge on any atom is 0.270 e. The van der Waals surface area contributed by atoms with Crippen LogP contribution in [-0.2, 0) is 6.54 Å². The van der Waals surface area contributed by atoms with Gasteiger partial charge in [-0.3, -0.25) is 10.1 Å². The van der Waals surface area contributed by atoms with Crippen LogP contribution < -0.4 is 5.32 Å². The Kier molecular flexibility index (Phi) is 6.29. The van der Waals surface area contributed by atoms with E-state index in [2.05, 4.69) is 35.1 Å². The molecule has 1 aromatic carbocycles. The maximum absolute atomic E-state index is 10.7. The Hall–Kier alpha value is -0.940. The smallest absolute Gasteiger partial charge is 0.270 e. The minimum Gasteiger partial charge on any atom is -0.310 e. The zero-order valence-electron chi connectivity index (χ0n) is 10.8. The van der Waals surface area contributed by atoms with Crippen molar-refractivity contribution in [2.75, 3.05) is 0 Å². The third kappa shape index (κ3) is 5.14. The molecule has 4 nitrogen and oxygen atoms in total. The fourth-order valence-corrected chi connectivity index (χ4v) is 2.27. The van der Waals surface area contributed by atoms with E-state index in [1.807, 2.05) is 6.07 Å². The molecule has 100 valence electrons. The summed E-state index contributed by atoms with van der Waals surface area (Å²) in [6.07, 6.45) is 3.52. The van der Waals surface area contributed by atoms with Crippen molar-refractivity contribution in [1.82, 2.24) is 5.32 Å². The molecule has 0 aliphatic carbocycles. The van der Waals surface area contributed by atoms with E-state index in [-0.39, 0.29) is 10.6 Å². The highest BCUT2D eigenvalue weighted by atomic mass is 79.9. The van der Waals surface area contributed by atoms with Crippen molar-refractivity contribution >= 4 is 21.6 Å². The van der Waals surface area contributed by atoms with Gasteiger partial charge in [-0.1, -0.05) is 35.7 Å². The lowest BCUT2D eigenvalue weighted by Gasteiger charge is -2.13. The number of benzene rings is 1. The van der Waals surface area contributed by atoms with Crippen molar-refractivity contribution in [1.29, 1.82) is 0 Å². The van der Waals surface area contributed by atoms with Gasteiger partial charge in [0, 0.05) is 29.2 Å². The quantitative estimate of drug-likeness (QED) is 0.610. The standard InChI is InChI=1S/C13H19BrN2O2/c1-3-4-5-10(2)15-9-11-6-12(14)8-13(7-11)16(17)18/h6-8,10,15H,3-5,9H2,1-2H3. The van der Waals surface area contributed by atoms with Crippen LogP contribution in [0.1, 0.15) is 38.7 Å². The largest absolute Gasteiger partial charge is 0.310 e.